The van der Waals surface area contributed by atoms with Gasteiger partial charge in [-0.2, -0.15) is 0 Å². The van der Waals surface area contributed by atoms with Crippen molar-refractivity contribution >= 4 is 32.6 Å². The fourth-order valence-corrected chi connectivity index (χ4v) is 2.97. The molecule has 0 aliphatic heterocycles. The van der Waals surface area contributed by atoms with Gasteiger partial charge in [-0.05, 0) is 43.7 Å². The standard InChI is InChI=1S/C18H18N2O2S/c1-12(2)22-11-13-7-9-14(10-8-13)17(21)20-18-19-15-5-3-4-6-16(15)23-18/h3-10,12H,11H2,1-2H3,(H,19,20,21). The number of thiazole rings is 1. The van der Waals surface area contributed by atoms with Crippen molar-refractivity contribution in [2.45, 2.75) is 26.6 Å². The van der Waals surface area contributed by atoms with Crippen molar-refractivity contribution in [3.05, 3.63) is 59.7 Å². The molecule has 0 radical (unpaired) electrons. The van der Waals surface area contributed by atoms with E-state index in [-0.39, 0.29) is 12.0 Å². The highest BCUT2D eigenvalue weighted by atomic mass is 32.1. The molecule has 3 rings (SSSR count). The maximum absolute atomic E-state index is 12.3. The molecule has 0 saturated heterocycles. The maximum Gasteiger partial charge on any atom is 0.257 e. The van der Waals surface area contributed by atoms with E-state index in [1.54, 1.807) is 0 Å². The van der Waals surface area contributed by atoms with Crippen LogP contribution in [-0.2, 0) is 11.3 Å². The number of carbonyl (C=O) groups is 1. The highest BCUT2D eigenvalue weighted by Gasteiger charge is 2.09. The zero-order chi connectivity index (χ0) is 16.2. The van der Waals surface area contributed by atoms with Gasteiger partial charge in [-0.25, -0.2) is 4.98 Å². The van der Waals surface area contributed by atoms with E-state index in [2.05, 4.69) is 10.3 Å². The average molecular weight is 326 g/mol. The molecule has 0 aliphatic carbocycles. The van der Waals surface area contributed by atoms with E-state index < -0.39 is 0 Å². The molecule has 0 fully saturated rings. The van der Waals surface area contributed by atoms with Gasteiger partial charge in [-0.15, -0.1) is 0 Å². The molecule has 0 spiro atoms. The fraction of sp³-hybridized carbons (Fsp3) is 0.222. The van der Waals surface area contributed by atoms with Gasteiger partial charge in [0.15, 0.2) is 5.13 Å². The quantitative estimate of drug-likeness (QED) is 0.752. The summed E-state index contributed by atoms with van der Waals surface area (Å²) in [6.07, 6.45) is 0.192. The molecule has 0 unspecified atom stereocenters. The van der Waals surface area contributed by atoms with Crippen LogP contribution >= 0.6 is 11.3 Å². The predicted octanol–water partition coefficient (Wildman–Crippen LogP) is 4.47. The van der Waals surface area contributed by atoms with Crippen LogP contribution in [-0.4, -0.2) is 17.0 Å². The SMILES string of the molecule is CC(C)OCc1ccc(C(=O)Nc2nc3ccccc3s2)cc1. The summed E-state index contributed by atoms with van der Waals surface area (Å²) in [5, 5.41) is 3.47. The fourth-order valence-electron chi connectivity index (χ4n) is 2.11. The van der Waals surface area contributed by atoms with Gasteiger partial charge in [0.1, 0.15) is 0 Å². The molecule has 23 heavy (non-hydrogen) atoms. The second-order valence-electron chi connectivity index (χ2n) is 5.50. The molecule has 1 amide bonds. The van der Waals surface area contributed by atoms with Crippen molar-refractivity contribution in [2.75, 3.05) is 5.32 Å². The second-order valence-corrected chi connectivity index (χ2v) is 6.53. The summed E-state index contributed by atoms with van der Waals surface area (Å²) in [7, 11) is 0. The summed E-state index contributed by atoms with van der Waals surface area (Å²) in [4.78, 5) is 16.7. The smallest absolute Gasteiger partial charge is 0.257 e. The Bertz CT molecular complexity index is 776. The van der Waals surface area contributed by atoms with E-state index in [4.69, 9.17) is 4.74 Å². The van der Waals surface area contributed by atoms with Crippen LogP contribution in [0.1, 0.15) is 29.8 Å². The number of hydrogen-bond donors (Lipinski definition) is 1. The zero-order valence-electron chi connectivity index (χ0n) is 13.1. The van der Waals surface area contributed by atoms with Gasteiger partial charge in [-0.3, -0.25) is 10.1 Å². The Morgan fingerprint density at radius 1 is 1.17 bits per heavy atom. The van der Waals surface area contributed by atoms with Crippen molar-refractivity contribution in [3.63, 3.8) is 0 Å². The Kier molecular flexibility index (Phi) is 4.69. The van der Waals surface area contributed by atoms with Crippen molar-refractivity contribution in [1.29, 1.82) is 0 Å². The number of fused-ring (bicyclic) bond motifs is 1. The summed E-state index contributed by atoms with van der Waals surface area (Å²) in [6, 6.07) is 15.3. The van der Waals surface area contributed by atoms with Gasteiger partial charge in [0.05, 0.1) is 22.9 Å². The third-order valence-electron chi connectivity index (χ3n) is 3.31. The molecule has 1 heterocycles. The summed E-state index contributed by atoms with van der Waals surface area (Å²) in [5.41, 5.74) is 2.56. The number of amides is 1. The van der Waals surface area contributed by atoms with Crippen molar-refractivity contribution in [3.8, 4) is 0 Å². The van der Waals surface area contributed by atoms with E-state index in [0.29, 0.717) is 17.3 Å². The Hall–Kier alpha value is -2.24. The first-order valence-electron chi connectivity index (χ1n) is 7.49. The van der Waals surface area contributed by atoms with Crippen LogP contribution in [0, 0.1) is 0 Å². The first-order chi connectivity index (χ1) is 11.1. The van der Waals surface area contributed by atoms with Crippen LogP contribution in [0.2, 0.25) is 0 Å². The van der Waals surface area contributed by atoms with Crippen molar-refractivity contribution < 1.29 is 9.53 Å². The number of ether oxygens (including phenoxy) is 1. The molecule has 4 nitrogen and oxygen atoms in total. The molecule has 0 bridgehead atoms. The zero-order valence-corrected chi connectivity index (χ0v) is 13.9. The number of carbonyl (C=O) groups excluding carboxylic acids is 1. The molecule has 3 aromatic rings. The topological polar surface area (TPSA) is 51.2 Å². The molecule has 0 saturated carbocycles. The minimum atomic E-state index is -0.152. The maximum atomic E-state index is 12.3. The normalized spacial score (nSPS) is 11.1. The van der Waals surface area contributed by atoms with Gasteiger partial charge < -0.3 is 4.74 Å². The number of nitrogens with zero attached hydrogens (tertiary/aromatic N) is 1. The van der Waals surface area contributed by atoms with Crippen LogP contribution in [0.4, 0.5) is 5.13 Å². The molecule has 0 atom stereocenters. The summed E-state index contributed by atoms with van der Waals surface area (Å²) >= 11 is 1.47. The molecule has 118 valence electrons. The number of benzene rings is 2. The van der Waals surface area contributed by atoms with Crippen LogP contribution in [0.3, 0.4) is 0 Å². The lowest BCUT2D eigenvalue weighted by atomic mass is 10.1. The summed E-state index contributed by atoms with van der Waals surface area (Å²) in [5.74, 6) is -0.152. The number of rotatable bonds is 5. The summed E-state index contributed by atoms with van der Waals surface area (Å²) in [6.45, 7) is 4.55. The molecule has 1 aromatic heterocycles. The van der Waals surface area contributed by atoms with E-state index in [1.807, 2.05) is 62.4 Å². The monoisotopic (exact) mass is 326 g/mol. The molecule has 0 aliphatic rings. The minimum Gasteiger partial charge on any atom is -0.374 e. The predicted molar refractivity (Wildman–Crippen MR) is 93.9 cm³/mol. The van der Waals surface area contributed by atoms with Crippen LogP contribution in [0.15, 0.2) is 48.5 Å². The van der Waals surface area contributed by atoms with Gasteiger partial charge in [0, 0.05) is 5.56 Å². The Morgan fingerprint density at radius 3 is 2.61 bits per heavy atom. The average Bonchev–Trinajstić information content (AvgIpc) is 2.95. The largest absolute Gasteiger partial charge is 0.374 e. The third-order valence-corrected chi connectivity index (χ3v) is 4.27. The number of anilines is 1. The first-order valence-corrected chi connectivity index (χ1v) is 8.31. The molecular weight excluding hydrogens is 308 g/mol. The molecule has 5 heteroatoms. The van der Waals surface area contributed by atoms with Gasteiger partial charge in [0.2, 0.25) is 0 Å². The van der Waals surface area contributed by atoms with Gasteiger partial charge >= 0.3 is 0 Å². The second kappa shape index (κ2) is 6.89. The highest BCUT2D eigenvalue weighted by molar-refractivity contribution is 7.22. The van der Waals surface area contributed by atoms with Gasteiger partial charge in [0.25, 0.3) is 5.91 Å². The van der Waals surface area contributed by atoms with Gasteiger partial charge in [-0.1, -0.05) is 35.6 Å². The molecule has 1 N–H and O–H groups in total. The molecular formula is C18H18N2O2S. The van der Waals surface area contributed by atoms with E-state index in [1.165, 1.54) is 11.3 Å². The molecule has 2 aromatic carbocycles. The van der Waals surface area contributed by atoms with Crippen molar-refractivity contribution in [1.82, 2.24) is 4.98 Å². The number of hydrogen-bond acceptors (Lipinski definition) is 4. The van der Waals surface area contributed by atoms with E-state index >= 15 is 0 Å². The van der Waals surface area contributed by atoms with Crippen molar-refractivity contribution in [2.24, 2.45) is 0 Å². The van der Waals surface area contributed by atoms with E-state index in [9.17, 15) is 4.79 Å². The van der Waals surface area contributed by atoms with Crippen LogP contribution in [0.25, 0.3) is 10.2 Å². The Labute approximate surface area is 139 Å². The first kappa shape index (κ1) is 15.6. The summed E-state index contributed by atoms with van der Waals surface area (Å²) < 4.78 is 6.61. The Morgan fingerprint density at radius 2 is 1.91 bits per heavy atom. The van der Waals surface area contributed by atoms with Crippen LogP contribution in [0.5, 0.6) is 0 Å². The van der Waals surface area contributed by atoms with Crippen LogP contribution < -0.4 is 5.32 Å². The number of aromatic nitrogens is 1. The minimum absolute atomic E-state index is 0.152. The lowest BCUT2D eigenvalue weighted by Gasteiger charge is -2.08. The lowest BCUT2D eigenvalue weighted by molar-refractivity contribution is 0.0657. The lowest BCUT2D eigenvalue weighted by Crippen LogP contribution is -2.11. The van der Waals surface area contributed by atoms with E-state index in [0.717, 1.165) is 15.8 Å². The third kappa shape index (κ3) is 3.94. The Balaban J connectivity index is 1.67. The number of para-hydroxylation sites is 1. The highest BCUT2D eigenvalue weighted by Crippen LogP contribution is 2.25. The number of nitrogens with one attached hydrogen (secondary N) is 1.